The first-order chi connectivity index (χ1) is 29.4. The van der Waals surface area contributed by atoms with E-state index < -0.39 is 41.4 Å². The van der Waals surface area contributed by atoms with Crippen LogP contribution in [0.1, 0.15) is 63.3 Å². The number of nitrogens with zero attached hydrogens (tertiary/aromatic N) is 10. The van der Waals surface area contributed by atoms with E-state index in [0.29, 0.717) is 56.6 Å². The van der Waals surface area contributed by atoms with Gasteiger partial charge in [-0.15, -0.1) is 10.2 Å². The Hall–Kier alpha value is -6.44. The van der Waals surface area contributed by atoms with E-state index in [4.69, 9.17) is 5.73 Å². The number of carbonyl (C=O) groups is 6. The van der Waals surface area contributed by atoms with Crippen molar-refractivity contribution in [1.82, 2.24) is 40.1 Å². The van der Waals surface area contributed by atoms with E-state index in [2.05, 4.69) is 35.6 Å². The summed E-state index contributed by atoms with van der Waals surface area (Å²) in [4.78, 5) is 93.3. The number of piperidine rings is 2. The third kappa shape index (κ3) is 7.75. The molecule has 9 rings (SSSR count). The largest absolute Gasteiger partial charge is 0.371 e. The monoisotopic (exact) mass is 837 g/mol. The standard InChI is InChI=1S/C41H48FN13O6/c1-49-13-18-54(41(49)61)27-3-2-11-53(23-27)40-46-36(34(35(43)57)47-48-40)44-25-4-7-31(30(42)19-25)51-16-14-50(15-17-51)21-24-10-12-52(22-24)26-5-6-28-29(20-26)39(60)55(38(28)59)32-8-9-33(56)45-37(32)58/h4-7,19-20,24,27,32H,2-3,8-18,21-23H2,1H3,(H2,43,57)(H,44,46,48)(H,45,56,58)/t24-,27+,32?/m0/s1. The maximum atomic E-state index is 15.8. The molecular weight excluding hydrogens is 790 g/mol. The molecule has 5 saturated heterocycles. The summed E-state index contributed by atoms with van der Waals surface area (Å²) >= 11 is 0. The van der Waals surface area contributed by atoms with Gasteiger partial charge in [0.05, 0.1) is 22.9 Å². The second kappa shape index (κ2) is 16.2. The molecule has 3 atom stereocenters. The smallest absolute Gasteiger partial charge is 0.320 e. The molecule has 0 radical (unpaired) electrons. The molecule has 0 saturated carbocycles. The lowest BCUT2D eigenvalue weighted by atomic mass is 10.0. The fraction of sp³-hybridized carbons (Fsp3) is 0.488. The highest BCUT2D eigenvalue weighted by atomic mass is 19.1. The molecule has 0 spiro atoms. The number of urea groups is 1. The quantitative estimate of drug-likeness (QED) is 0.245. The predicted molar refractivity (Wildman–Crippen MR) is 220 cm³/mol. The van der Waals surface area contributed by atoms with E-state index in [1.165, 1.54) is 6.07 Å². The van der Waals surface area contributed by atoms with Crippen LogP contribution in [0.25, 0.3) is 0 Å². The number of amides is 7. The molecule has 6 aliphatic heterocycles. The fourth-order valence-corrected chi connectivity index (χ4v) is 9.49. The van der Waals surface area contributed by atoms with E-state index in [-0.39, 0.29) is 53.5 Å². The molecule has 19 nitrogen and oxygen atoms in total. The minimum atomic E-state index is -1.00. The summed E-state index contributed by atoms with van der Waals surface area (Å²) in [5.74, 6) is -2.61. The molecule has 4 N–H and O–H groups in total. The van der Waals surface area contributed by atoms with E-state index >= 15 is 4.39 Å². The molecular formula is C41H48FN13O6. The van der Waals surface area contributed by atoms with Gasteiger partial charge in [-0.2, -0.15) is 4.98 Å². The summed E-state index contributed by atoms with van der Waals surface area (Å²) in [6.45, 7) is 7.70. The van der Waals surface area contributed by atoms with Crippen LogP contribution in [0.4, 0.5) is 38.0 Å². The SMILES string of the molecule is CN1CCN([C@@H]2CCCN(c3nnc(C(N)=O)c(Nc4ccc(N5CCN(C[C@@H]6CCN(c7ccc8c(c7)C(=O)N(C7CCC(=O)NC7=O)C8=O)C6)CC5)c(F)c4)n3)C2)C1=O. The number of anilines is 5. The van der Waals surface area contributed by atoms with Crippen LogP contribution < -0.4 is 31.1 Å². The van der Waals surface area contributed by atoms with Crippen molar-refractivity contribution >= 4 is 64.4 Å². The van der Waals surface area contributed by atoms with E-state index in [1.807, 2.05) is 20.8 Å². The molecule has 6 aliphatic rings. The van der Waals surface area contributed by atoms with Crippen molar-refractivity contribution in [2.75, 3.05) is 99.1 Å². The number of halogens is 1. The van der Waals surface area contributed by atoms with Gasteiger partial charge in [0.25, 0.3) is 17.7 Å². The molecule has 1 unspecified atom stereocenters. The van der Waals surface area contributed by atoms with Crippen LogP contribution in [-0.2, 0) is 9.59 Å². The van der Waals surface area contributed by atoms with Crippen molar-refractivity contribution < 1.29 is 33.2 Å². The number of nitrogens with two attached hydrogens (primary N) is 1. The zero-order chi connectivity index (χ0) is 42.5. The number of hydrogen-bond donors (Lipinski definition) is 3. The number of imide groups is 2. The molecule has 7 amide bonds. The minimum Gasteiger partial charge on any atom is -0.371 e. The summed E-state index contributed by atoms with van der Waals surface area (Å²) in [7, 11) is 1.79. The van der Waals surface area contributed by atoms with Crippen LogP contribution in [0.2, 0.25) is 0 Å². The number of carbonyl (C=O) groups excluding carboxylic acids is 6. The van der Waals surface area contributed by atoms with Gasteiger partial charge in [0.2, 0.25) is 17.8 Å². The number of rotatable bonds is 10. The van der Waals surface area contributed by atoms with Gasteiger partial charge in [-0.1, -0.05) is 0 Å². The van der Waals surface area contributed by atoms with Crippen LogP contribution >= 0.6 is 0 Å². The molecule has 20 heteroatoms. The Kier molecular flexibility index (Phi) is 10.6. The Morgan fingerprint density at radius 2 is 1.66 bits per heavy atom. The Labute approximate surface area is 351 Å². The predicted octanol–water partition coefficient (Wildman–Crippen LogP) is 1.24. The first-order valence-corrected chi connectivity index (χ1v) is 20.9. The average Bonchev–Trinajstić information content (AvgIpc) is 3.93. The highest BCUT2D eigenvalue weighted by Gasteiger charge is 2.45. The van der Waals surface area contributed by atoms with Crippen molar-refractivity contribution in [2.24, 2.45) is 11.7 Å². The van der Waals surface area contributed by atoms with Gasteiger partial charge < -0.3 is 35.6 Å². The number of aromatic nitrogens is 3. The molecule has 1 aromatic heterocycles. The first-order valence-electron chi connectivity index (χ1n) is 20.9. The van der Waals surface area contributed by atoms with Crippen molar-refractivity contribution in [3.8, 4) is 0 Å². The number of primary amides is 1. The lowest BCUT2D eigenvalue weighted by Crippen LogP contribution is -2.54. The number of benzene rings is 2. The maximum absolute atomic E-state index is 15.8. The highest BCUT2D eigenvalue weighted by molar-refractivity contribution is 6.23. The van der Waals surface area contributed by atoms with Gasteiger partial charge in [-0.25, -0.2) is 9.18 Å². The molecule has 3 aromatic rings. The van der Waals surface area contributed by atoms with Gasteiger partial charge in [0, 0.05) is 96.8 Å². The van der Waals surface area contributed by atoms with Crippen LogP contribution in [0.5, 0.6) is 0 Å². The molecule has 0 aliphatic carbocycles. The summed E-state index contributed by atoms with van der Waals surface area (Å²) in [5.41, 5.74) is 7.66. The molecule has 7 heterocycles. The first kappa shape index (κ1) is 40.0. The Morgan fingerprint density at radius 1 is 0.852 bits per heavy atom. The third-order valence-electron chi connectivity index (χ3n) is 12.8. The summed E-state index contributed by atoms with van der Waals surface area (Å²) in [6.07, 6.45) is 2.81. The molecule has 0 bridgehead atoms. The van der Waals surface area contributed by atoms with Crippen LogP contribution in [-0.4, -0.2) is 161 Å². The van der Waals surface area contributed by atoms with Gasteiger partial charge in [0.15, 0.2) is 11.5 Å². The van der Waals surface area contributed by atoms with E-state index in [9.17, 15) is 28.8 Å². The van der Waals surface area contributed by atoms with E-state index in [1.54, 1.807) is 36.2 Å². The Morgan fingerprint density at radius 3 is 2.39 bits per heavy atom. The maximum Gasteiger partial charge on any atom is 0.320 e. The zero-order valence-corrected chi connectivity index (χ0v) is 33.9. The highest BCUT2D eigenvalue weighted by Crippen LogP contribution is 2.34. The number of piperazine rings is 1. The Bertz CT molecular complexity index is 2310. The van der Waals surface area contributed by atoms with Crippen molar-refractivity contribution in [2.45, 2.75) is 44.2 Å². The Balaban J connectivity index is 0.786. The summed E-state index contributed by atoms with van der Waals surface area (Å²) in [5, 5.41) is 13.5. The van der Waals surface area contributed by atoms with Gasteiger partial charge in [0.1, 0.15) is 11.9 Å². The topological polar surface area (TPSA) is 214 Å². The fourth-order valence-electron chi connectivity index (χ4n) is 9.49. The van der Waals surface area contributed by atoms with Crippen molar-refractivity contribution in [3.63, 3.8) is 0 Å². The number of likely N-dealkylation sites (N-methyl/N-ethyl adjacent to an activating group) is 1. The number of nitrogens with one attached hydrogen (secondary N) is 2. The number of hydrogen-bond acceptors (Lipinski definition) is 14. The summed E-state index contributed by atoms with van der Waals surface area (Å²) in [6, 6.07) is 9.02. The molecule has 2 aromatic carbocycles. The van der Waals surface area contributed by atoms with E-state index in [0.717, 1.165) is 62.6 Å². The molecule has 5 fully saturated rings. The summed E-state index contributed by atoms with van der Waals surface area (Å²) < 4.78 is 15.8. The van der Waals surface area contributed by atoms with Crippen molar-refractivity contribution in [3.05, 3.63) is 59.0 Å². The average molecular weight is 838 g/mol. The van der Waals surface area contributed by atoms with Gasteiger partial charge in [-0.05, 0) is 68.0 Å². The second-order valence-corrected chi connectivity index (χ2v) is 16.7. The van der Waals surface area contributed by atoms with Crippen LogP contribution in [0.15, 0.2) is 36.4 Å². The lowest BCUT2D eigenvalue weighted by molar-refractivity contribution is -0.136. The second-order valence-electron chi connectivity index (χ2n) is 16.7. The van der Waals surface area contributed by atoms with Crippen LogP contribution in [0, 0.1) is 11.7 Å². The van der Waals surface area contributed by atoms with Crippen LogP contribution in [0.3, 0.4) is 0 Å². The molecule has 320 valence electrons. The lowest BCUT2D eigenvalue weighted by Gasteiger charge is -2.37. The van der Waals surface area contributed by atoms with Gasteiger partial charge >= 0.3 is 6.03 Å². The van der Waals surface area contributed by atoms with Crippen molar-refractivity contribution in [1.29, 1.82) is 0 Å². The number of fused-ring (bicyclic) bond motifs is 1. The van der Waals surface area contributed by atoms with Gasteiger partial charge in [-0.3, -0.25) is 39.1 Å². The third-order valence-corrected chi connectivity index (χ3v) is 12.8. The molecule has 61 heavy (non-hydrogen) atoms. The minimum absolute atomic E-state index is 0.000567. The zero-order valence-electron chi connectivity index (χ0n) is 33.9. The normalized spacial score (nSPS) is 23.6.